The molecule has 2 aromatic rings. The lowest BCUT2D eigenvalue weighted by Crippen LogP contribution is -2.25. The molecule has 0 unspecified atom stereocenters. The number of carbonyl (C=O) groups is 1. The van der Waals surface area contributed by atoms with Crippen LogP contribution in [0.4, 0.5) is 0 Å². The topological polar surface area (TPSA) is 40.5 Å². The van der Waals surface area contributed by atoms with Crippen LogP contribution >= 0.6 is 11.3 Å². The van der Waals surface area contributed by atoms with E-state index in [-0.39, 0.29) is 12.5 Å². The van der Waals surface area contributed by atoms with Crippen LogP contribution in [0.5, 0.6) is 0 Å². The van der Waals surface area contributed by atoms with Crippen LogP contribution in [-0.2, 0) is 6.54 Å². The summed E-state index contributed by atoms with van der Waals surface area (Å²) in [5.41, 5.74) is 1.10. The molecule has 1 aromatic heterocycles. The van der Waals surface area contributed by atoms with E-state index in [9.17, 15) is 4.79 Å². The fourth-order valence-corrected chi connectivity index (χ4v) is 2.72. The van der Waals surface area contributed by atoms with Crippen molar-refractivity contribution in [2.45, 2.75) is 13.0 Å². The zero-order valence-corrected chi connectivity index (χ0v) is 12.7. The summed E-state index contributed by atoms with van der Waals surface area (Å²) in [6.45, 7) is 0.646. The Labute approximate surface area is 128 Å². The van der Waals surface area contributed by atoms with E-state index in [0.29, 0.717) is 17.8 Å². The highest BCUT2D eigenvalue weighted by Gasteiger charge is 2.14. The Morgan fingerprint density at radius 2 is 2.00 bits per heavy atom. The van der Waals surface area contributed by atoms with E-state index in [4.69, 9.17) is 5.11 Å². The van der Waals surface area contributed by atoms with Crippen LogP contribution in [0.2, 0.25) is 0 Å². The lowest BCUT2D eigenvalue weighted by molar-refractivity contribution is 0.0790. The fraction of sp³-hybridized carbons (Fsp3) is 0.235. The number of benzene rings is 1. The van der Waals surface area contributed by atoms with Gasteiger partial charge in [0.2, 0.25) is 0 Å². The van der Waals surface area contributed by atoms with Gasteiger partial charge in [0.15, 0.2) is 0 Å². The molecule has 3 nitrogen and oxygen atoms in total. The van der Waals surface area contributed by atoms with Crippen molar-refractivity contribution in [3.8, 4) is 11.8 Å². The zero-order chi connectivity index (χ0) is 15.1. The van der Waals surface area contributed by atoms with E-state index in [0.717, 1.165) is 10.4 Å². The van der Waals surface area contributed by atoms with Gasteiger partial charge >= 0.3 is 0 Å². The van der Waals surface area contributed by atoms with E-state index < -0.39 is 0 Å². The summed E-state index contributed by atoms with van der Waals surface area (Å²) in [7, 11) is 1.80. The van der Waals surface area contributed by atoms with Gasteiger partial charge in [-0.15, -0.1) is 11.3 Å². The predicted molar refractivity (Wildman–Crippen MR) is 85.1 cm³/mol. The molecule has 0 radical (unpaired) electrons. The van der Waals surface area contributed by atoms with Crippen molar-refractivity contribution in [1.29, 1.82) is 0 Å². The molecule has 1 amide bonds. The van der Waals surface area contributed by atoms with Gasteiger partial charge in [0.1, 0.15) is 0 Å². The summed E-state index contributed by atoms with van der Waals surface area (Å²) in [6, 6.07) is 13.5. The van der Waals surface area contributed by atoms with Gasteiger partial charge in [0.05, 0.1) is 16.4 Å². The van der Waals surface area contributed by atoms with E-state index in [2.05, 4.69) is 11.8 Å². The van der Waals surface area contributed by atoms with E-state index >= 15 is 0 Å². The highest BCUT2D eigenvalue weighted by atomic mass is 32.1. The quantitative estimate of drug-likeness (QED) is 0.882. The maximum atomic E-state index is 12.3. The SMILES string of the molecule is CN(Cc1ccccc1)C(=O)c1ccc(C#CCCO)s1. The Morgan fingerprint density at radius 1 is 1.24 bits per heavy atom. The molecule has 1 heterocycles. The zero-order valence-electron chi connectivity index (χ0n) is 11.9. The van der Waals surface area contributed by atoms with Gasteiger partial charge in [-0.2, -0.15) is 0 Å². The van der Waals surface area contributed by atoms with Crippen LogP contribution in [0.25, 0.3) is 0 Å². The van der Waals surface area contributed by atoms with Crippen molar-refractivity contribution in [2.24, 2.45) is 0 Å². The first-order valence-corrected chi connectivity index (χ1v) is 7.51. The minimum Gasteiger partial charge on any atom is -0.395 e. The molecule has 4 heteroatoms. The van der Waals surface area contributed by atoms with Crippen molar-refractivity contribution in [3.63, 3.8) is 0 Å². The highest BCUT2D eigenvalue weighted by molar-refractivity contribution is 7.14. The average Bonchev–Trinajstić information content (AvgIpc) is 2.96. The Hall–Kier alpha value is -2.09. The van der Waals surface area contributed by atoms with Crippen LogP contribution in [-0.4, -0.2) is 29.6 Å². The third-order valence-electron chi connectivity index (χ3n) is 2.87. The molecule has 108 valence electrons. The van der Waals surface area contributed by atoms with Crippen molar-refractivity contribution >= 4 is 17.2 Å². The first-order valence-electron chi connectivity index (χ1n) is 6.69. The molecule has 1 N–H and O–H groups in total. The number of hydrogen-bond donors (Lipinski definition) is 1. The predicted octanol–water partition coefficient (Wildman–Crippen LogP) is 2.75. The van der Waals surface area contributed by atoms with E-state index in [1.807, 2.05) is 36.4 Å². The second-order valence-electron chi connectivity index (χ2n) is 4.59. The Balaban J connectivity index is 2.01. The van der Waals surface area contributed by atoms with Gasteiger partial charge in [-0.05, 0) is 17.7 Å². The summed E-state index contributed by atoms with van der Waals surface area (Å²) in [6.07, 6.45) is 0.453. The number of thiophene rings is 1. The number of nitrogens with zero attached hydrogens (tertiary/aromatic N) is 1. The number of aliphatic hydroxyl groups excluding tert-OH is 1. The van der Waals surface area contributed by atoms with Gasteiger partial charge in [0, 0.05) is 20.0 Å². The second-order valence-corrected chi connectivity index (χ2v) is 5.67. The normalized spacial score (nSPS) is 9.81. The molecular formula is C17H17NO2S. The van der Waals surface area contributed by atoms with E-state index in [1.165, 1.54) is 11.3 Å². The largest absolute Gasteiger partial charge is 0.395 e. The van der Waals surface area contributed by atoms with Gasteiger partial charge < -0.3 is 10.0 Å². The number of aliphatic hydroxyl groups is 1. The Bertz CT molecular complexity index is 652. The van der Waals surface area contributed by atoms with Gasteiger partial charge in [-0.3, -0.25) is 4.79 Å². The molecule has 0 atom stereocenters. The molecule has 0 spiro atoms. The molecule has 0 saturated carbocycles. The summed E-state index contributed by atoms with van der Waals surface area (Å²) < 4.78 is 0. The van der Waals surface area contributed by atoms with Crippen LogP contribution in [0, 0.1) is 11.8 Å². The highest BCUT2D eigenvalue weighted by Crippen LogP contribution is 2.18. The summed E-state index contributed by atoms with van der Waals surface area (Å²) in [5.74, 6) is 5.80. The monoisotopic (exact) mass is 299 g/mol. The van der Waals surface area contributed by atoms with Gasteiger partial charge in [0.25, 0.3) is 5.91 Å². The molecule has 0 aliphatic rings. The minimum absolute atomic E-state index is 0.000869. The molecule has 0 aliphatic heterocycles. The third-order valence-corrected chi connectivity index (χ3v) is 3.86. The van der Waals surface area contributed by atoms with Crippen LogP contribution in [0.3, 0.4) is 0 Å². The maximum absolute atomic E-state index is 12.3. The lowest BCUT2D eigenvalue weighted by Gasteiger charge is -2.16. The number of carbonyl (C=O) groups excluding carboxylic acids is 1. The van der Waals surface area contributed by atoms with Crippen molar-refractivity contribution in [3.05, 3.63) is 57.8 Å². The van der Waals surface area contributed by atoms with Gasteiger partial charge in [-0.1, -0.05) is 42.2 Å². The third kappa shape index (κ3) is 4.45. The average molecular weight is 299 g/mol. The summed E-state index contributed by atoms with van der Waals surface area (Å²) in [5, 5.41) is 8.69. The molecule has 0 saturated heterocycles. The molecule has 0 aliphatic carbocycles. The maximum Gasteiger partial charge on any atom is 0.264 e. The molecule has 21 heavy (non-hydrogen) atoms. The Morgan fingerprint density at radius 3 is 2.71 bits per heavy atom. The smallest absolute Gasteiger partial charge is 0.264 e. The van der Waals surface area contributed by atoms with Gasteiger partial charge in [-0.25, -0.2) is 0 Å². The van der Waals surface area contributed by atoms with Crippen molar-refractivity contribution < 1.29 is 9.90 Å². The summed E-state index contributed by atoms with van der Waals surface area (Å²) >= 11 is 1.38. The second kappa shape index (κ2) is 7.63. The summed E-state index contributed by atoms with van der Waals surface area (Å²) in [4.78, 5) is 15.6. The lowest BCUT2D eigenvalue weighted by atomic mass is 10.2. The molecule has 1 aromatic carbocycles. The molecule has 2 rings (SSSR count). The number of rotatable bonds is 4. The molecular weight excluding hydrogens is 282 g/mol. The molecule has 0 bridgehead atoms. The number of hydrogen-bond acceptors (Lipinski definition) is 3. The van der Waals surface area contributed by atoms with Crippen LogP contribution < -0.4 is 0 Å². The van der Waals surface area contributed by atoms with Crippen molar-refractivity contribution in [2.75, 3.05) is 13.7 Å². The van der Waals surface area contributed by atoms with Crippen LogP contribution in [0.15, 0.2) is 42.5 Å². The van der Waals surface area contributed by atoms with E-state index in [1.54, 1.807) is 18.0 Å². The van der Waals surface area contributed by atoms with Crippen molar-refractivity contribution in [1.82, 2.24) is 4.90 Å². The van der Waals surface area contributed by atoms with Crippen LogP contribution in [0.1, 0.15) is 26.5 Å². The standard InChI is InChI=1S/C17H17NO2S/c1-18(13-14-7-3-2-4-8-14)17(20)16-11-10-15(21-16)9-5-6-12-19/h2-4,7-8,10-11,19H,6,12-13H2,1H3. The minimum atomic E-state index is -0.000869. The first kappa shape index (κ1) is 15.3. The first-order chi connectivity index (χ1) is 10.2. The Kier molecular flexibility index (Phi) is 5.56. The molecule has 0 fully saturated rings. The fourth-order valence-electron chi connectivity index (χ4n) is 1.84. The number of amides is 1.